The van der Waals surface area contributed by atoms with Crippen LogP contribution in [-0.4, -0.2) is 10.1 Å². The van der Waals surface area contributed by atoms with Gasteiger partial charge in [-0.15, -0.1) is 0 Å². The lowest BCUT2D eigenvalue weighted by Crippen LogP contribution is -1.98. The molecule has 1 heterocycles. The Morgan fingerprint density at radius 3 is 2.89 bits per heavy atom. The second kappa shape index (κ2) is 4.78. The van der Waals surface area contributed by atoms with Crippen molar-refractivity contribution < 1.29 is 9.26 Å². The molecule has 0 unspecified atom stereocenters. The Balaban J connectivity index is 1.90. The van der Waals surface area contributed by atoms with Gasteiger partial charge in [-0.1, -0.05) is 35.5 Å². The van der Waals surface area contributed by atoms with E-state index in [4.69, 9.17) is 4.74 Å². The Morgan fingerprint density at radius 1 is 1.17 bits per heavy atom. The van der Waals surface area contributed by atoms with Crippen LogP contribution in [-0.2, 0) is 6.61 Å². The molecule has 4 nitrogen and oxygen atoms in total. The molecule has 0 N–H and O–H groups in total. The van der Waals surface area contributed by atoms with Gasteiger partial charge in [-0.25, -0.2) is 0 Å². The summed E-state index contributed by atoms with van der Waals surface area (Å²) in [6, 6.07) is 12.0. The first-order valence-electron chi connectivity index (χ1n) is 5.40. The zero-order valence-electron chi connectivity index (χ0n) is 9.34. The molecule has 0 atom stereocenters. The lowest BCUT2D eigenvalue weighted by molar-refractivity contribution is 0.285. The molecule has 2 aromatic carbocycles. The Kier molecular flexibility index (Phi) is 2.98. The third-order valence-electron chi connectivity index (χ3n) is 2.59. The van der Waals surface area contributed by atoms with Crippen LogP contribution < -0.4 is 4.74 Å². The molecular formula is C13H9BrN2O2. The Hall–Kier alpha value is -1.88. The first-order chi connectivity index (χ1) is 8.84. The molecule has 0 aliphatic rings. The standard InChI is InChI=1S/C13H9BrN2O2/c14-13-10-4-2-1-3-9(10)5-6-11(13)17-7-12-15-8-18-16-12/h1-6,8H,7H2. The maximum Gasteiger partial charge on any atom is 0.213 e. The fourth-order valence-corrected chi connectivity index (χ4v) is 2.33. The molecule has 1 aromatic heterocycles. The summed E-state index contributed by atoms with van der Waals surface area (Å²) in [5, 5.41) is 5.97. The highest BCUT2D eigenvalue weighted by molar-refractivity contribution is 9.10. The zero-order valence-corrected chi connectivity index (χ0v) is 10.9. The summed E-state index contributed by atoms with van der Waals surface area (Å²) in [4.78, 5) is 3.91. The summed E-state index contributed by atoms with van der Waals surface area (Å²) in [5.74, 6) is 1.29. The molecule has 3 aromatic rings. The highest BCUT2D eigenvalue weighted by Gasteiger charge is 2.07. The van der Waals surface area contributed by atoms with Gasteiger partial charge in [-0.05, 0) is 32.8 Å². The van der Waals surface area contributed by atoms with Gasteiger partial charge >= 0.3 is 0 Å². The molecule has 0 radical (unpaired) electrons. The molecule has 0 amide bonds. The van der Waals surface area contributed by atoms with Gasteiger partial charge in [0.05, 0.1) is 4.47 Å². The smallest absolute Gasteiger partial charge is 0.213 e. The van der Waals surface area contributed by atoms with Crippen LogP contribution in [0, 0.1) is 0 Å². The van der Waals surface area contributed by atoms with Gasteiger partial charge in [0.25, 0.3) is 0 Å². The molecule has 0 aliphatic heterocycles. The average molecular weight is 305 g/mol. The lowest BCUT2D eigenvalue weighted by Gasteiger charge is -2.08. The van der Waals surface area contributed by atoms with E-state index in [0.29, 0.717) is 5.82 Å². The van der Waals surface area contributed by atoms with Crippen LogP contribution in [0.15, 0.2) is 51.8 Å². The van der Waals surface area contributed by atoms with Crippen LogP contribution in [0.4, 0.5) is 0 Å². The molecule has 90 valence electrons. The van der Waals surface area contributed by atoms with Crippen molar-refractivity contribution in [3.8, 4) is 5.75 Å². The van der Waals surface area contributed by atoms with Crippen LogP contribution in [0.2, 0.25) is 0 Å². The third kappa shape index (κ3) is 2.09. The van der Waals surface area contributed by atoms with Crippen molar-refractivity contribution in [2.24, 2.45) is 0 Å². The number of fused-ring (bicyclic) bond motifs is 1. The molecule has 3 rings (SSSR count). The summed E-state index contributed by atoms with van der Waals surface area (Å²) in [6.45, 7) is 0.285. The number of halogens is 1. The van der Waals surface area contributed by atoms with E-state index in [0.717, 1.165) is 21.0 Å². The molecule has 18 heavy (non-hydrogen) atoms. The second-order valence-corrected chi connectivity index (χ2v) is 4.53. The molecule has 0 fully saturated rings. The van der Waals surface area contributed by atoms with Crippen molar-refractivity contribution in [1.29, 1.82) is 0 Å². The molecule has 0 saturated heterocycles. The molecule has 0 bridgehead atoms. The first-order valence-corrected chi connectivity index (χ1v) is 6.19. The van der Waals surface area contributed by atoms with Gasteiger partial charge in [0.2, 0.25) is 12.2 Å². The fraction of sp³-hybridized carbons (Fsp3) is 0.0769. The second-order valence-electron chi connectivity index (χ2n) is 3.73. The Morgan fingerprint density at radius 2 is 2.06 bits per heavy atom. The number of nitrogens with zero attached hydrogens (tertiary/aromatic N) is 2. The number of benzene rings is 2. The normalized spacial score (nSPS) is 10.7. The maximum absolute atomic E-state index is 5.66. The van der Waals surface area contributed by atoms with Crippen molar-refractivity contribution in [3.05, 3.63) is 53.1 Å². The van der Waals surface area contributed by atoms with E-state index in [1.54, 1.807) is 0 Å². The molecular weight excluding hydrogens is 296 g/mol. The van der Waals surface area contributed by atoms with E-state index in [2.05, 4.69) is 36.7 Å². The Labute approximate surface area is 112 Å². The topological polar surface area (TPSA) is 48.2 Å². The fourth-order valence-electron chi connectivity index (χ4n) is 1.72. The summed E-state index contributed by atoms with van der Waals surface area (Å²) < 4.78 is 11.2. The minimum Gasteiger partial charge on any atom is -0.484 e. The van der Waals surface area contributed by atoms with Crippen LogP contribution in [0.1, 0.15) is 5.82 Å². The third-order valence-corrected chi connectivity index (χ3v) is 3.41. The molecule has 0 saturated carbocycles. The quantitative estimate of drug-likeness (QED) is 0.742. The van der Waals surface area contributed by atoms with Crippen molar-refractivity contribution in [2.75, 3.05) is 0 Å². The van der Waals surface area contributed by atoms with Crippen LogP contribution in [0.3, 0.4) is 0 Å². The summed E-state index contributed by atoms with van der Waals surface area (Å²) in [6.07, 6.45) is 1.29. The minimum atomic E-state index is 0.285. The predicted octanol–water partition coefficient (Wildman–Crippen LogP) is 3.56. The first kappa shape index (κ1) is 11.2. The Bertz CT molecular complexity index is 668. The van der Waals surface area contributed by atoms with E-state index in [9.17, 15) is 0 Å². The average Bonchev–Trinajstić information content (AvgIpc) is 2.91. The maximum atomic E-state index is 5.66. The monoisotopic (exact) mass is 304 g/mol. The van der Waals surface area contributed by atoms with Gasteiger partial charge in [0.15, 0.2) is 6.61 Å². The number of hydrogen-bond donors (Lipinski definition) is 0. The molecule has 0 aliphatic carbocycles. The van der Waals surface area contributed by atoms with E-state index >= 15 is 0 Å². The summed E-state index contributed by atoms with van der Waals surface area (Å²) in [7, 11) is 0. The number of aromatic nitrogens is 2. The summed E-state index contributed by atoms with van der Waals surface area (Å²) in [5.41, 5.74) is 0. The summed E-state index contributed by atoms with van der Waals surface area (Å²) >= 11 is 3.56. The molecule has 0 spiro atoms. The van der Waals surface area contributed by atoms with Crippen molar-refractivity contribution in [1.82, 2.24) is 10.1 Å². The minimum absolute atomic E-state index is 0.285. The van der Waals surface area contributed by atoms with Gasteiger partial charge in [-0.3, -0.25) is 0 Å². The lowest BCUT2D eigenvalue weighted by atomic mass is 10.1. The number of rotatable bonds is 3. The highest BCUT2D eigenvalue weighted by Crippen LogP contribution is 2.33. The largest absolute Gasteiger partial charge is 0.484 e. The van der Waals surface area contributed by atoms with Gasteiger partial charge in [-0.2, -0.15) is 4.98 Å². The van der Waals surface area contributed by atoms with E-state index in [-0.39, 0.29) is 6.61 Å². The van der Waals surface area contributed by atoms with Gasteiger partial charge in [0.1, 0.15) is 5.75 Å². The van der Waals surface area contributed by atoms with E-state index < -0.39 is 0 Å². The van der Waals surface area contributed by atoms with Gasteiger partial charge in [0, 0.05) is 0 Å². The number of ether oxygens (including phenoxy) is 1. The SMILES string of the molecule is Brc1c(OCc2ncon2)ccc2ccccc12. The van der Waals surface area contributed by atoms with Crippen molar-refractivity contribution in [3.63, 3.8) is 0 Å². The van der Waals surface area contributed by atoms with Crippen molar-refractivity contribution >= 4 is 26.7 Å². The molecule has 5 heteroatoms. The van der Waals surface area contributed by atoms with Crippen LogP contribution in [0.25, 0.3) is 10.8 Å². The van der Waals surface area contributed by atoms with Crippen molar-refractivity contribution in [2.45, 2.75) is 6.61 Å². The number of hydrogen-bond acceptors (Lipinski definition) is 4. The predicted molar refractivity (Wildman–Crippen MR) is 70.3 cm³/mol. The van der Waals surface area contributed by atoms with Gasteiger partial charge < -0.3 is 9.26 Å². The zero-order chi connectivity index (χ0) is 12.4. The van der Waals surface area contributed by atoms with E-state index in [1.807, 2.05) is 30.3 Å². The van der Waals surface area contributed by atoms with E-state index in [1.165, 1.54) is 6.39 Å². The highest BCUT2D eigenvalue weighted by atomic mass is 79.9. The van der Waals surface area contributed by atoms with Crippen LogP contribution >= 0.6 is 15.9 Å². The van der Waals surface area contributed by atoms with Crippen LogP contribution in [0.5, 0.6) is 5.75 Å².